The number of rotatable bonds is 6. The molecular weight excluding hydrogens is 498 g/mol. The lowest BCUT2D eigenvalue weighted by molar-refractivity contribution is -0.122. The monoisotopic (exact) mass is 526 g/mol. The van der Waals surface area contributed by atoms with Crippen molar-refractivity contribution in [2.24, 2.45) is 16.6 Å². The molecule has 0 atom stereocenters. The number of primary amides is 1. The number of amides is 1. The fraction of sp³-hybridized carbons (Fsp3) is 0.381. The Hall–Kier alpha value is -2.43. The summed E-state index contributed by atoms with van der Waals surface area (Å²) in [5, 5.41) is 6.47. The molecule has 0 bridgehead atoms. The fourth-order valence-corrected chi connectivity index (χ4v) is 3.46. The molecule has 1 aliphatic rings. The largest absolute Gasteiger partial charge is 0.369 e. The summed E-state index contributed by atoms with van der Waals surface area (Å²) >= 11 is 0. The standard InChI is InChI=1S/C21H27FN6O.HI/c1-24-21(26-13-15-4-2-6-18(22)12-15)27-14-17-5-3-9-25-20(17)28-10-7-16(8-11-28)19(23)29;/h2-6,9,12,16H,7-8,10-11,13-14H2,1H3,(H2,23,29)(H2,24,26,27);1H. The fourth-order valence-electron chi connectivity index (χ4n) is 3.46. The Morgan fingerprint density at radius 3 is 2.63 bits per heavy atom. The molecule has 0 saturated carbocycles. The number of benzene rings is 1. The van der Waals surface area contributed by atoms with Crippen molar-refractivity contribution in [3.63, 3.8) is 0 Å². The van der Waals surface area contributed by atoms with E-state index in [1.807, 2.05) is 18.2 Å². The maximum Gasteiger partial charge on any atom is 0.220 e. The van der Waals surface area contributed by atoms with Gasteiger partial charge >= 0.3 is 0 Å². The number of aromatic nitrogens is 1. The number of hydrogen-bond donors (Lipinski definition) is 3. The van der Waals surface area contributed by atoms with Crippen LogP contribution in [-0.4, -0.2) is 37.0 Å². The van der Waals surface area contributed by atoms with Crippen LogP contribution in [0.1, 0.15) is 24.0 Å². The summed E-state index contributed by atoms with van der Waals surface area (Å²) in [4.78, 5) is 22.4. The maximum atomic E-state index is 13.3. The smallest absolute Gasteiger partial charge is 0.220 e. The van der Waals surface area contributed by atoms with Crippen molar-refractivity contribution >= 4 is 41.7 Å². The van der Waals surface area contributed by atoms with Crippen LogP contribution >= 0.6 is 24.0 Å². The summed E-state index contributed by atoms with van der Waals surface area (Å²) in [5.41, 5.74) is 7.31. The van der Waals surface area contributed by atoms with Crippen LogP contribution in [0.3, 0.4) is 0 Å². The molecule has 3 rings (SSSR count). The summed E-state index contributed by atoms with van der Waals surface area (Å²) < 4.78 is 13.3. The van der Waals surface area contributed by atoms with Crippen molar-refractivity contribution in [2.75, 3.05) is 25.0 Å². The molecule has 0 aliphatic carbocycles. The molecule has 1 saturated heterocycles. The Morgan fingerprint density at radius 1 is 1.23 bits per heavy atom. The van der Waals surface area contributed by atoms with Crippen molar-refractivity contribution < 1.29 is 9.18 Å². The van der Waals surface area contributed by atoms with Crippen molar-refractivity contribution in [1.29, 1.82) is 0 Å². The number of aliphatic imine (C=N–C) groups is 1. The molecule has 0 radical (unpaired) electrons. The van der Waals surface area contributed by atoms with Crippen LogP contribution in [0.4, 0.5) is 10.2 Å². The van der Waals surface area contributed by atoms with Crippen LogP contribution in [-0.2, 0) is 17.9 Å². The molecule has 1 aromatic heterocycles. The van der Waals surface area contributed by atoms with Gasteiger partial charge < -0.3 is 21.3 Å². The third-order valence-corrected chi connectivity index (χ3v) is 5.08. The summed E-state index contributed by atoms with van der Waals surface area (Å²) in [5.74, 6) is 0.996. The van der Waals surface area contributed by atoms with Gasteiger partial charge in [-0.3, -0.25) is 9.79 Å². The zero-order chi connectivity index (χ0) is 20.6. The molecule has 1 amide bonds. The second kappa shape index (κ2) is 11.7. The van der Waals surface area contributed by atoms with Crippen molar-refractivity contribution in [1.82, 2.24) is 15.6 Å². The van der Waals surface area contributed by atoms with Crippen molar-refractivity contribution in [3.8, 4) is 0 Å². The SMILES string of the molecule is CN=C(NCc1cccc(F)c1)NCc1cccnc1N1CCC(C(N)=O)CC1.I. The highest BCUT2D eigenvalue weighted by atomic mass is 127. The summed E-state index contributed by atoms with van der Waals surface area (Å²) in [6.07, 6.45) is 3.27. The van der Waals surface area contributed by atoms with Gasteiger partial charge in [0.05, 0.1) is 0 Å². The highest BCUT2D eigenvalue weighted by molar-refractivity contribution is 14.0. The molecule has 2 aromatic rings. The predicted molar refractivity (Wildman–Crippen MR) is 127 cm³/mol. The molecule has 1 aromatic carbocycles. The molecule has 9 heteroatoms. The van der Waals surface area contributed by atoms with Gasteiger partial charge in [0.25, 0.3) is 0 Å². The third-order valence-electron chi connectivity index (χ3n) is 5.08. The minimum Gasteiger partial charge on any atom is -0.369 e. The number of carbonyl (C=O) groups excluding carboxylic acids is 1. The minimum atomic E-state index is -0.257. The molecule has 2 heterocycles. The van der Waals surface area contributed by atoms with Crippen LogP contribution < -0.4 is 21.3 Å². The van der Waals surface area contributed by atoms with Gasteiger partial charge in [-0.05, 0) is 36.6 Å². The van der Waals surface area contributed by atoms with E-state index in [-0.39, 0.29) is 41.6 Å². The first-order valence-corrected chi connectivity index (χ1v) is 9.74. The third kappa shape index (κ3) is 6.54. The van der Waals surface area contributed by atoms with Gasteiger partial charge in [-0.2, -0.15) is 0 Å². The Labute approximate surface area is 193 Å². The maximum absolute atomic E-state index is 13.3. The molecule has 7 nitrogen and oxygen atoms in total. The second-order valence-corrected chi connectivity index (χ2v) is 7.06. The molecule has 30 heavy (non-hydrogen) atoms. The molecule has 0 spiro atoms. The van der Waals surface area contributed by atoms with E-state index in [0.29, 0.717) is 19.0 Å². The number of anilines is 1. The molecular formula is C21H28FIN6O. The summed E-state index contributed by atoms with van der Waals surface area (Å²) in [6, 6.07) is 10.4. The molecule has 1 aliphatic heterocycles. The van der Waals surface area contributed by atoms with E-state index >= 15 is 0 Å². The first-order valence-electron chi connectivity index (χ1n) is 9.74. The van der Waals surface area contributed by atoms with Gasteiger partial charge in [-0.25, -0.2) is 9.37 Å². The normalized spacial score (nSPS) is 14.7. The van der Waals surface area contributed by atoms with Crippen LogP contribution in [0.15, 0.2) is 47.6 Å². The molecule has 162 valence electrons. The Morgan fingerprint density at radius 2 is 1.97 bits per heavy atom. The minimum absolute atomic E-state index is 0. The lowest BCUT2D eigenvalue weighted by Crippen LogP contribution is -2.40. The van der Waals surface area contributed by atoms with Crippen molar-refractivity contribution in [3.05, 3.63) is 59.5 Å². The van der Waals surface area contributed by atoms with Crippen LogP contribution in [0.25, 0.3) is 0 Å². The predicted octanol–water partition coefficient (Wildman–Crippen LogP) is 2.41. The number of halogens is 2. The van der Waals surface area contributed by atoms with Gasteiger partial charge in [0, 0.05) is 50.9 Å². The molecule has 4 N–H and O–H groups in total. The first kappa shape index (κ1) is 23.8. The number of nitrogens with two attached hydrogens (primary N) is 1. The van der Waals surface area contributed by atoms with Gasteiger partial charge in [0.2, 0.25) is 5.91 Å². The lowest BCUT2D eigenvalue weighted by Gasteiger charge is -2.32. The van der Waals surface area contributed by atoms with E-state index in [1.165, 1.54) is 12.1 Å². The van der Waals surface area contributed by atoms with E-state index in [2.05, 4.69) is 25.5 Å². The van der Waals surface area contributed by atoms with E-state index in [9.17, 15) is 9.18 Å². The second-order valence-electron chi connectivity index (χ2n) is 7.06. The number of guanidine groups is 1. The zero-order valence-electron chi connectivity index (χ0n) is 17.0. The van der Waals surface area contributed by atoms with Gasteiger partial charge in [0.15, 0.2) is 5.96 Å². The average molecular weight is 526 g/mol. The number of nitrogens with zero attached hydrogens (tertiary/aromatic N) is 3. The summed E-state index contributed by atoms with van der Waals surface area (Å²) in [6.45, 7) is 2.52. The zero-order valence-corrected chi connectivity index (χ0v) is 19.3. The quantitative estimate of drug-likeness (QED) is 0.306. The van der Waals surface area contributed by atoms with Gasteiger partial charge in [-0.1, -0.05) is 18.2 Å². The topological polar surface area (TPSA) is 95.6 Å². The number of pyridine rings is 1. The first-order chi connectivity index (χ1) is 14.1. The lowest BCUT2D eigenvalue weighted by atomic mass is 9.96. The van der Waals surface area contributed by atoms with E-state index in [1.54, 1.807) is 19.3 Å². The van der Waals surface area contributed by atoms with Crippen LogP contribution in [0.5, 0.6) is 0 Å². The highest BCUT2D eigenvalue weighted by Crippen LogP contribution is 2.24. The number of carbonyl (C=O) groups is 1. The Kier molecular flexibility index (Phi) is 9.28. The highest BCUT2D eigenvalue weighted by Gasteiger charge is 2.24. The number of hydrogen-bond acceptors (Lipinski definition) is 4. The van der Waals surface area contributed by atoms with Gasteiger partial charge in [-0.15, -0.1) is 24.0 Å². The van der Waals surface area contributed by atoms with Crippen molar-refractivity contribution in [2.45, 2.75) is 25.9 Å². The van der Waals surface area contributed by atoms with E-state index in [4.69, 9.17) is 5.73 Å². The molecule has 0 unspecified atom stereocenters. The number of nitrogens with one attached hydrogen (secondary N) is 2. The summed E-state index contributed by atoms with van der Waals surface area (Å²) in [7, 11) is 1.69. The molecule has 1 fully saturated rings. The number of piperidine rings is 1. The van der Waals surface area contributed by atoms with E-state index < -0.39 is 0 Å². The van der Waals surface area contributed by atoms with Crippen LogP contribution in [0.2, 0.25) is 0 Å². The van der Waals surface area contributed by atoms with E-state index in [0.717, 1.165) is 42.9 Å². The van der Waals surface area contributed by atoms with Crippen LogP contribution in [0, 0.1) is 11.7 Å². The Balaban J connectivity index is 0.00000320. The average Bonchev–Trinajstić information content (AvgIpc) is 2.74. The van der Waals surface area contributed by atoms with Gasteiger partial charge in [0.1, 0.15) is 11.6 Å². The Bertz CT molecular complexity index is 870.